The predicted molar refractivity (Wildman–Crippen MR) is 62.0 cm³/mol. The van der Waals surface area contributed by atoms with Crippen molar-refractivity contribution in [2.45, 2.75) is 19.4 Å². The molecule has 1 amide bonds. The van der Waals surface area contributed by atoms with Gasteiger partial charge in [-0.25, -0.2) is 4.39 Å². The molecule has 1 fully saturated rings. The van der Waals surface area contributed by atoms with Crippen LogP contribution in [-0.4, -0.2) is 30.5 Å². The summed E-state index contributed by atoms with van der Waals surface area (Å²) in [5.41, 5.74) is 0.529. The summed E-state index contributed by atoms with van der Waals surface area (Å²) in [6, 6.07) is 6.55. The number of benzene rings is 1. The van der Waals surface area contributed by atoms with Gasteiger partial charge in [0.1, 0.15) is 11.9 Å². The third kappa shape index (κ3) is 2.64. The van der Waals surface area contributed by atoms with Crippen molar-refractivity contribution in [3.63, 3.8) is 0 Å². The number of ether oxygens (including phenoxy) is 1. The van der Waals surface area contributed by atoms with Gasteiger partial charge in [0, 0.05) is 18.5 Å². The fourth-order valence-electron chi connectivity index (χ4n) is 2.02. The van der Waals surface area contributed by atoms with E-state index in [1.165, 1.54) is 6.07 Å². The maximum absolute atomic E-state index is 13.6. The number of amides is 1. The summed E-state index contributed by atoms with van der Waals surface area (Å²) in [6.45, 7) is 3.33. The van der Waals surface area contributed by atoms with E-state index in [0.717, 1.165) is 0 Å². The number of nitrogens with zero attached hydrogens (tertiary/aromatic N) is 1. The Hall–Kier alpha value is -1.42. The number of morpholine rings is 1. The number of hydrogen-bond acceptors (Lipinski definition) is 2. The Kier molecular flexibility index (Phi) is 3.74. The van der Waals surface area contributed by atoms with Gasteiger partial charge < -0.3 is 9.64 Å². The Bertz CT molecular complexity index is 408. The Morgan fingerprint density at radius 1 is 1.53 bits per heavy atom. The molecule has 1 aliphatic rings. The molecule has 1 atom stereocenters. The number of rotatable bonds is 2. The second-order valence-corrected chi connectivity index (χ2v) is 4.07. The summed E-state index contributed by atoms with van der Waals surface area (Å²) in [4.78, 5) is 13.3. The first kappa shape index (κ1) is 12.0. The molecule has 3 nitrogen and oxygen atoms in total. The van der Waals surface area contributed by atoms with Crippen molar-refractivity contribution >= 4 is 5.91 Å². The molecule has 2 rings (SSSR count). The van der Waals surface area contributed by atoms with Crippen molar-refractivity contribution < 1.29 is 13.9 Å². The van der Waals surface area contributed by atoms with Gasteiger partial charge in [0.25, 0.3) is 0 Å². The molecule has 1 saturated heterocycles. The van der Waals surface area contributed by atoms with Crippen LogP contribution in [0.5, 0.6) is 0 Å². The number of carbonyl (C=O) groups is 1. The number of carbonyl (C=O) groups excluding carboxylic acids is 1. The summed E-state index contributed by atoms with van der Waals surface area (Å²) >= 11 is 0. The van der Waals surface area contributed by atoms with Crippen LogP contribution in [0.4, 0.5) is 4.39 Å². The van der Waals surface area contributed by atoms with Gasteiger partial charge in [-0.2, -0.15) is 0 Å². The normalized spacial score (nSPS) is 20.4. The first-order valence-corrected chi connectivity index (χ1v) is 5.86. The summed E-state index contributed by atoms with van der Waals surface area (Å²) < 4.78 is 19.1. The Labute approximate surface area is 100 Å². The van der Waals surface area contributed by atoms with Crippen LogP contribution in [0.2, 0.25) is 0 Å². The van der Waals surface area contributed by atoms with Gasteiger partial charge in [0.05, 0.1) is 13.2 Å². The van der Waals surface area contributed by atoms with Crippen LogP contribution in [0.3, 0.4) is 0 Å². The Morgan fingerprint density at radius 3 is 3.00 bits per heavy atom. The average molecular weight is 237 g/mol. The van der Waals surface area contributed by atoms with Crippen LogP contribution in [-0.2, 0) is 9.53 Å². The second-order valence-electron chi connectivity index (χ2n) is 4.07. The molecular formula is C13H16FNO2. The van der Waals surface area contributed by atoms with E-state index in [9.17, 15) is 9.18 Å². The van der Waals surface area contributed by atoms with Gasteiger partial charge in [-0.15, -0.1) is 0 Å². The van der Waals surface area contributed by atoms with Crippen molar-refractivity contribution in [3.05, 3.63) is 35.6 Å². The van der Waals surface area contributed by atoms with E-state index in [0.29, 0.717) is 31.7 Å². The van der Waals surface area contributed by atoms with E-state index in [4.69, 9.17) is 4.74 Å². The maximum atomic E-state index is 13.6. The summed E-state index contributed by atoms with van der Waals surface area (Å²) in [5, 5.41) is 0. The summed E-state index contributed by atoms with van der Waals surface area (Å²) in [7, 11) is 0. The van der Waals surface area contributed by atoms with Crippen LogP contribution >= 0.6 is 0 Å². The third-order valence-corrected chi connectivity index (χ3v) is 2.97. The van der Waals surface area contributed by atoms with Gasteiger partial charge in [-0.3, -0.25) is 4.79 Å². The SMILES string of the molecule is CCC(=O)N1CCO[C@H](c2ccccc2F)C1. The smallest absolute Gasteiger partial charge is 0.222 e. The minimum Gasteiger partial charge on any atom is -0.370 e. The largest absolute Gasteiger partial charge is 0.370 e. The molecule has 0 spiro atoms. The van der Waals surface area contributed by atoms with Crippen molar-refractivity contribution in [2.75, 3.05) is 19.7 Å². The molecule has 0 N–H and O–H groups in total. The first-order valence-electron chi connectivity index (χ1n) is 5.86. The molecule has 1 heterocycles. The first-order chi connectivity index (χ1) is 8.22. The molecule has 0 unspecified atom stereocenters. The lowest BCUT2D eigenvalue weighted by molar-refractivity contribution is -0.138. The van der Waals surface area contributed by atoms with E-state index >= 15 is 0 Å². The lowest BCUT2D eigenvalue weighted by Crippen LogP contribution is -2.42. The molecule has 0 aromatic heterocycles. The van der Waals surface area contributed by atoms with Crippen molar-refractivity contribution in [1.29, 1.82) is 0 Å². The minimum absolute atomic E-state index is 0.0923. The predicted octanol–water partition coefficient (Wildman–Crippen LogP) is 2.14. The highest BCUT2D eigenvalue weighted by atomic mass is 19.1. The fraction of sp³-hybridized carbons (Fsp3) is 0.462. The quantitative estimate of drug-likeness (QED) is 0.788. The van der Waals surface area contributed by atoms with Crippen molar-refractivity contribution in [3.8, 4) is 0 Å². The molecular weight excluding hydrogens is 221 g/mol. The second kappa shape index (κ2) is 5.27. The van der Waals surface area contributed by atoms with Gasteiger partial charge in [-0.1, -0.05) is 25.1 Å². The van der Waals surface area contributed by atoms with Crippen LogP contribution in [0, 0.1) is 5.82 Å². The molecule has 0 saturated carbocycles. The van der Waals surface area contributed by atoms with Gasteiger partial charge in [-0.05, 0) is 6.07 Å². The van der Waals surface area contributed by atoms with Crippen LogP contribution in [0.25, 0.3) is 0 Å². The highest BCUT2D eigenvalue weighted by Gasteiger charge is 2.26. The Balaban J connectivity index is 2.12. The van der Waals surface area contributed by atoms with E-state index in [1.54, 1.807) is 23.1 Å². The molecule has 1 aromatic rings. The average Bonchev–Trinajstić information content (AvgIpc) is 2.38. The van der Waals surface area contributed by atoms with Gasteiger partial charge in [0.15, 0.2) is 0 Å². The van der Waals surface area contributed by atoms with Crippen LogP contribution < -0.4 is 0 Å². The zero-order chi connectivity index (χ0) is 12.3. The zero-order valence-corrected chi connectivity index (χ0v) is 9.86. The topological polar surface area (TPSA) is 29.5 Å². The van der Waals surface area contributed by atoms with Crippen molar-refractivity contribution in [1.82, 2.24) is 4.90 Å². The zero-order valence-electron chi connectivity index (χ0n) is 9.86. The lowest BCUT2D eigenvalue weighted by atomic mass is 10.1. The fourth-order valence-corrected chi connectivity index (χ4v) is 2.02. The van der Waals surface area contributed by atoms with Crippen LogP contribution in [0.15, 0.2) is 24.3 Å². The summed E-state index contributed by atoms with van der Waals surface area (Å²) in [6.07, 6.45) is 0.129. The molecule has 92 valence electrons. The third-order valence-electron chi connectivity index (χ3n) is 2.97. The minimum atomic E-state index is -0.347. The Morgan fingerprint density at radius 2 is 2.29 bits per heavy atom. The molecule has 4 heteroatoms. The highest BCUT2D eigenvalue weighted by molar-refractivity contribution is 5.75. The summed E-state index contributed by atoms with van der Waals surface area (Å²) in [5.74, 6) is -0.182. The number of hydrogen-bond donors (Lipinski definition) is 0. The molecule has 0 bridgehead atoms. The molecule has 0 radical (unpaired) electrons. The number of halogens is 1. The standard InChI is InChI=1S/C13H16FNO2/c1-2-13(16)15-7-8-17-12(9-15)10-5-3-4-6-11(10)14/h3-6,12H,2,7-9H2,1H3/t12-/m0/s1. The van der Waals surface area contributed by atoms with E-state index in [1.807, 2.05) is 6.92 Å². The van der Waals surface area contributed by atoms with Gasteiger partial charge in [0.2, 0.25) is 5.91 Å². The molecule has 0 aliphatic carbocycles. The maximum Gasteiger partial charge on any atom is 0.222 e. The van der Waals surface area contributed by atoms with Crippen molar-refractivity contribution in [2.24, 2.45) is 0 Å². The highest BCUT2D eigenvalue weighted by Crippen LogP contribution is 2.24. The molecule has 17 heavy (non-hydrogen) atoms. The molecule has 1 aliphatic heterocycles. The monoisotopic (exact) mass is 237 g/mol. The van der Waals surface area contributed by atoms with E-state index in [2.05, 4.69) is 0 Å². The van der Waals surface area contributed by atoms with E-state index < -0.39 is 0 Å². The van der Waals surface area contributed by atoms with Gasteiger partial charge >= 0.3 is 0 Å². The van der Waals surface area contributed by atoms with Crippen LogP contribution in [0.1, 0.15) is 25.0 Å². The molecule has 1 aromatic carbocycles. The van der Waals surface area contributed by atoms with E-state index in [-0.39, 0.29) is 17.8 Å². The lowest BCUT2D eigenvalue weighted by Gasteiger charge is -2.33.